The van der Waals surface area contributed by atoms with Gasteiger partial charge >= 0.3 is 0 Å². The third-order valence-corrected chi connectivity index (χ3v) is 2.31. The molecule has 0 aromatic rings. The van der Waals surface area contributed by atoms with Crippen molar-refractivity contribution in [3.8, 4) is 0 Å². The second-order valence-electron chi connectivity index (χ2n) is 1.71. The fourth-order valence-corrected chi connectivity index (χ4v) is 1.46. The van der Waals surface area contributed by atoms with E-state index in [4.69, 9.17) is 0 Å². The van der Waals surface area contributed by atoms with E-state index in [0.717, 1.165) is 9.04 Å². The maximum Gasteiger partial charge on any atom is 0.0180 e. The first-order valence-corrected chi connectivity index (χ1v) is 5.63. The van der Waals surface area contributed by atoms with Crippen LogP contribution < -0.4 is 0 Å². The largest absolute Gasteiger partial charge is 0.103 e. The zero-order valence-corrected chi connectivity index (χ0v) is 7.11. The van der Waals surface area contributed by atoms with E-state index >= 15 is 0 Å². The molecule has 0 spiro atoms. The van der Waals surface area contributed by atoms with Crippen LogP contribution in [-0.4, -0.2) is 18.8 Å². The Kier molecular flexibility index (Phi) is 7.33. The first-order valence-electron chi connectivity index (χ1n) is 2.92. The third-order valence-electron chi connectivity index (χ3n) is 0.960. The highest BCUT2D eigenvalue weighted by atomic mass is 29.1. The molecule has 0 fully saturated rings. The Morgan fingerprint density at radius 3 is 2.75 bits per heavy atom. The number of rotatable bonds is 5. The molecule has 0 N–H and O–H groups in total. The Balaban J connectivity index is 2.62. The van der Waals surface area contributed by atoms with Crippen LogP contribution in [-0.2, 0) is 0 Å². The van der Waals surface area contributed by atoms with Gasteiger partial charge in [0.15, 0.2) is 0 Å². The molecule has 0 aromatic carbocycles. The smallest absolute Gasteiger partial charge is 0.0180 e. The summed E-state index contributed by atoms with van der Waals surface area (Å²) in [5, 5.41) is 0. The van der Waals surface area contributed by atoms with Crippen molar-refractivity contribution in [2.45, 2.75) is 25.3 Å². The average Bonchev–Trinajstić information content (AvgIpc) is 1.81. The van der Waals surface area contributed by atoms with E-state index < -0.39 is 0 Å². The van der Waals surface area contributed by atoms with Crippen molar-refractivity contribution in [2.75, 3.05) is 0 Å². The summed E-state index contributed by atoms with van der Waals surface area (Å²) in [4.78, 5) is 0. The van der Waals surface area contributed by atoms with Gasteiger partial charge < -0.3 is 0 Å². The maximum absolute atomic E-state index is 3.65. The molecule has 0 atom stereocenters. The molecule has 0 aromatic heterocycles. The van der Waals surface area contributed by atoms with E-state index in [1.54, 1.807) is 0 Å². The minimum atomic E-state index is 0.940. The van der Waals surface area contributed by atoms with E-state index in [-0.39, 0.29) is 0 Å². The van der Waals surface area contributed by atoms with Crippen molar-refractivity contribution in [3.05, 3.63) is 12.7 Å². The average molecular weight is 139 g/mol. The highest BCUT2D eigenvalue weighted by Gasteiger charge is 1.82. The lowest BCUT2D eigenvalue weighted by molar-refractivity contribution is 0.814. The van der Waals surface area contributed by atoms with E-state index in [1.807, 2.05) is 6.08 Å². The Morgan fingerprint density at radius 2 is 2.25 bits per heavy atom. The molecule has 2 heteroatoms. The Bertz CT molecular complexity index is 52.5. The molecule has 5 radical (unpaired) electrons. The second kappa shape index (κ2) is 7.17. The number of hydrogen-bond acceptors (Lipinski definition) is 0. The van der Waals surface area contributed by atoms with Crippen LogP contribution in [0.2, 0.25) is 6.04 Å². The molecule has 0 saturated heterocycles. The van der Waals surface area contributed by atoms with Gasteiger partial charge in [0, 0.05) is 18.8 Å². The van der Waals surface area contributed by atoms with E-state index in [2.05, 4.69) is 16.3 Å². The Morgan fingerprint density at radius 1 is 1.50 bits per heavy atom. The molecular formula is C6H11Si2. The number of hydrogen-bond donors (Lipinski definition) is 0. The van der Waals surface area contributed by atoms with E-state index in [9.17, 15) is 0 Å². The molecule has 0 unspecified atom stereocenters. The summed E-state index contributed by atoms with van der Waals surface area (Å²) in [5.74, 6) is 0. The second-order valence-corrected chi connectivity index (χ2v) is 3.63. The molecular weight excluding hydrogens is 128 g/mol. The molecule has 0 aliphatic heterocycles. The highest BCUT2D eigenvalue weighted by Crippen LogP contribution is 1.98. The van der Waals surface area contributed by atoms with Crippen LogP contribution in [0, 0.1) is 0 Å². The van der Waals surface area contributed by atoms with Crippen LogP contribution in [0.5, 0.6) is 0 Å². The van der Waals surface area contributed by atoms with Gasteiger partial charge in [-0.1, -0.05) is 25.0 Å². The standard InChI is InChI=1S/C6H11Si2/c1-2-3-4-5-6-8-7/h2H,1,3-6H2. The van der Waals surface area contributed by atoms with Gasteiger partial charge in [-0.3, -0.25) is 0 Å². The predicted molar refractivity (Wildman–Crippen MR) is 40.4 cm³/mol. The summed E-state index contributed by atoms with van der Waals surface area (Å²) < 4.78 is 0. The van der Waals surface area contributed by atoms with Crippen molar-refractivity contribution in [1.82, 2.24) is 0 Å². The summed E-state index contributed by atoms with van der Waals surface area (Å²) >= 11 is 0. The summed E-state index contributed by atoms with van der Waals surface area (Å²) in [6, 6.07) is 1.32. The fourth-order valence-electron chi connectivity index (χ4n) is 0.502. The van der Waals surface area contributed by atoms with Gasteiger partial charge in [-0.15, -0.1) is 6.58 Å². The third kappa shape index (κ3) is 6.17. The summed E-state index contributed by atoms with van der Waals surface area (Å²) in [7, 11) is 4.39. The molecule has 0 bridgehead atoms. The minimum absolute atomic E-state index is 0.940. The molecule has 0 aliphatic carbocycles. The van der Waals surface area contributed by atoms with Gasteiger partial charge in [-0.2, -0.15) is 0 Å². The van der Waals surface area contributed by atoms with Crippen LogP contribution >= 0.6 is 0 Å². The van der Waals surface area contributed by atoms with Crippen molar-refractivity contribution < 1.29 is 0 Å². The monoisotopic (exact) mass is 139 g/mol. The topological polar surface area (TPSA) is 0 Å². The summed E-state index contributed by atoms with van der Waals surface area (Å²) in [6.45, 7) is 3.65. The van der Waals surface area contributed by atoms with Gasteiger partial charge in [-0.05, 0) is 6.42 Å². The van der Waals surface area contributed by atoms with Gasteiger partial charge in [0.25, 0.3) is 0 Å². The summed E-state index contributed by atoms with van der Waals surface area (Å²) in [6.07, 6.45) is 5.81. The number of unbranched alkanes of at least 4 members (excludes halogenated alkanes) is 2. The molecule has 0 heterocycles. The lowest BCUT2D eigenvalue weighted by Gasteiger charge is -1.91. The molecule has 43 valence electrons. The van der Waals surface area contributed by atoms with Crippen molar-refractivity contribution in [1.29, 1.82) is 0 Å². The normalized spacial score (nSPS) is 9.12. The van der Waals surface area contributed by atoms with Gasteiger partial charge in [0.2, 0.25) is 0 Å². The van der Waals surface area contributed by atoms with Gasteiger partial charge in [0.1, 0.15) is 0 Å². The summed E-state index contributed by atoms with van der Waals surface area (Å²) in [5.41, 5.74) is 0. The molecule has 0 nitrogen and oxygen atoms in total. The van der Waals surface area contributed by atoms with Crippen LogP contribution in [0.1, 0.15) is 19.3 Å². The first kappa shape index (κ1) is 8.17. The predicted octanol–water partition coefficient (Wildman–Crippen LogP) is 1.55. The Hall–Kier alpha value is 0.174. The van der Waals surface area contributed by atoms with E-state index in [1.165, 1.54) is 25.3 Å². The van der Waals surface area contributed by atoms with Gasteiger partial charge in [-0.25, -0.2) is 0 Å². The molecule has 0 amide bonds. The van der Waals surface area contributed by atoms with Crippen LogP contribution in [0.25, 0.3) is 0 Å². The lowest BCUT2D eigenvalue weighted by atomic mass is 10.2. The first-order chi connectivity index (χ1) is 3.91. The number of allylic oxidation sites excluding steroid dienone is 1. The van der Waals surface area contributed by atoms with Gasteiger partial charge in [0.05, 0.1) is 0 Å². The van der Waals surface area contributed by atoms with Crippen molar-refractivity contribution in [3.63, 3.8) is 0 Å². The highest BCUT2D eigenvalue weighted by molar-refractivity contribution is 6.89. The fraction of sp³-hybridized carbons (Fsp3) is 0.667. The quantitative estimate of drug-likeness (QED) is 0.308. The maximum atomic E-state index is 3.65. The molecule has 0 saturated carbocycles. The van der Waals surface area contributed by atoms with Crippen LogP contribution in [0.3, 0.4) is 0 Å². The van der Waals surface area contributed by atoms with Crippen molar-refractivity contribution in [2.24, 2.45) is 0 Å². The Labute approximate surface area is 57.4 Å². The zero-order chi connectivity index (χ0) is 6.24. The van der Waals surface area contributed by atoms with Crippen LogP contribution in [0.15, 0.2) is 12.7 Å². The lowest BCUT2D eigenvalue weighted by Crippen LogP contribution is -1.85. The molecule has 0 aliphatic rings. The van der Waals surface area contributed by atoms with E-state index in [0.29, 0.717) is 0 Å². The van der Waals surface area contributed by atoms with Crippen LogP contribution in [0.4, 0.5) is 0 Å². The molecule has 0 rings (SSSR count). The zero-order valence-electron chi connectivity index (χ0n) is 5.11. The van der Waals surface area contributed by atoms with Crippen molar-refractivity contribution >= 4 is 18.8 Å². The SMILES string of the molecule is C=CCCCC[Si][Si]. The minimum Gasteiger partial charge on any atom is -0.103 e. The molecule has 8 heavy (non-hydrogen) atoms.